The maximum Gasteiger partial charge on any atom is 0.237 e. The minimum atomic E-state index is -0.533. The van der Waals surface area contributed by atoms with Crippen molar-refractivity contribution in [1.82, 2.24) is 5.32 Å². The van der Waals surface area contributed by atoms with Crippen molar-refractivity contribution in [2.45, 2.75) is 32.4 Å². The molecule has 0 saturated carbocycles. The summed E-state index contributed by atoms with van der Waals surface area (Å²) in [4.78, 5) is 15.7. The average Bonchev–Trinajstić information content (AvgIpc) is 2.40. The van der Waals surface area contributed by atoms with Gasteiger partial charge in [-0.3, -0.25) is 9.79 Å². The Morgan fingerprint density at radius 3 is 2.80 bits per heavy atom. The third-order valence-electron chi connectivity index (χ3n) is 2.85. The van der Waals surface area contributed by atoms with Crippen LogP contribution in [0.4, 0.5) is 0 Å². The van der Waals surface area contributed by atoms with E-state index in [1.807, 2.05) is 31.2 Å². The minimum absolute atomic E-state index is 0.0578. The molecule has 7 N–H and O–H groups in total. The maximum atomic E-state index is 11.8. The lowest BCUT2D eigenvalue weighted by molar-refractivity contribution is -0.122. The van der Waals surface area contributed by atoms with Gasteiger partial charge in [0.25, 0.3) is 0 Å². The number of rotatable bonds is 7. The number of amides is 1. The van der Waals surface area contributed by atoms with Crippen LogP contribution in [0.1, 0.15) is 24.0 Å². The highest BCUT2D eigenvalue weighted by Crippen LogP contribution is 2.03. The fourth-order valence-corrected chi connectivity index (χ4v) is 1.79. The number of guanidine groups is 1. The highest BCUT2D eigenvalue weighted by Gasteiger charge is 2.12. The largest absolute Gasteiger partial charge is 0.370 e. The van der Waals surface area contributed by atoms with Gasteiger partial charge in [0.2, 0.25) is 5.91 Å². The quantitative estimate of drug-likeness (QED) is 0.318. The molecule has 0 saturated heterocycles. The van der Waals surface area contributed by atoms with Gasteiger partial charge in [-0.25, -0.2) is 0 Å². The topological polar surface area (TPSA) is 120 Å². The summed E-state index contributed by atoms with van der Waals surface area (Å²) in [5.41, 5.74) is 18.5. The number of carbonyl (C=O) groups is 1. The van der Waals surface area contributed by atoms with Crippen LogP contribution in [-0.4, -0.2) is 24.5 Å². The first-order valence-corrected chi connectivity index (χ1v) is 6.63. The van der Waals surface area contributed by atoms with Crippen molar-refractivity contribution in [3.63, 3.8) is 0 Å². The molecule has 1 atom stereocenters. The molecule has 0 radical (unpaired) electrons. The second kappa shape index (κ2) is 8.16. The molecule has 6 heteroatoms. The molecule has 0 fully saturated rings. The predicted octanol–water partition coefficient (Wildman–Crippen LogP) is -0.00788. The van der Waals surface area contributed by atoms with Gasteiger partial charge in [-0.1, -0.05) is 29.8 Å². The van der Waals surface area contributed by atoms with Crippen LogP contribution in [0.3, 0.4) is 0 Å². The molecule has 1 aromatic carbocycles. The van der Waals surface area contributed by atoms with Crippen LogP contribution < -0.4 is 22.5 Å². The summed E-state index contributed by atoms with van der Waals surface area (Å²) in [6.45, 7) is 2.99. The van der Waals surface area contributed by atoms with Gasteiger partial charge >= 0.3 is 0 Å². The molecule has 0 aliphatic heterocycles. The molecule has 0 aromatic heterocycles. The van der Waals surface area contributed by atoms with Crippen molar-refractivity contribution in [1.29, 1.82) is 0 Å². The fraction of sp³-hybridized carbons (Fsp3) is 0.429. The van der Waals surface area contributed by atoms with E-state index in [4.69, 9.17) is 17.2 Å². The van der Waals surface area contributed by atoms with E-state index in [0.717, 1.165) is 5.56 Å². The average molecular weight is 277 g/mol. The van der Waals surface area contributed by atoms with Crippen molar-refractivity contribution in [3.05, 3.63) is 35.4 Å². The number of nitrogens with zero attached hydrogens (tertiary/aromatic N) is 1. The van der Waals surface area contributed by atoms with E-state index in [0.29, 0.717) is 25.9 Å². The Morgan fingerprint density at radius 2 is 2.15 bits per heavy atom. The molecule has 20 heavy (non-hydrogen) atoms. The molecular formula is C14H23N5O. The summed E-state index contributed by atoms with van der Waals surface area (Å²) in [5, 5.41) is 2.83. The van der Waals surface area contributed by atoms with E-state index < -0.39 is 6.04 Å². The van der Waals surface area contributed by atoms with Gasteiger partial charge in [-0.05, 0) is 25.3 Å². The molecule has 110 valence electrons. The lowest BCUT2D eigenvalue weighted by Crippen LogP contribution is -2.40. The summed E-state index contributed by atoms with van der Waals surface area (Å²) in [5.74, 6) is -0.0984. The van der Waals surface area contributed by atoms with Crippen LogP contribution in [0.5, 0.6) is 0 Å². The van der Waals surface area contributed by atoms with Crippen molar-refractivity contribution < 1.29 is 4.79 Å². The monoisotopic (exact) mass is 277 g/mol. The molecule has 1 rings (SSSR count). The van der Waals surface area contributed by atoms with Crippen LogP contribution >= 0.6 is 0 Å². The summed E-state index contributed by atoms with van der Waals surface area (Å²) in [7, 11) is 0. The highest BCUT2D eigenvalue weighted by molar-refractivity contribution is 5.81. The number of aliphatic imine (C=N–C) groups is 1. The van der Waals surface area contributed by atoms with Crippen LogP contribution in [0.2, 0.25) is 0 Å². The standard InChI is InChI=1S/C14H23N5O/c1-10-4-2-5-11(8-10)9-19-13(20)12(15)6-3-7-18-14(16)17/h2,4-5,8,12H,3,6-7,9,15H2,1H3,(H,19,20)(H4,16,17,18). The summed E-state index contributed by atoms with van der Waals surface area (Å²) in [6, 6.07) is 7.45. The van der Waals surface area contributed by atoms with Crippen molar-refractivity contribution in [2.75, 3.05) is 6.54 Å². The first-order chi connectivity index (χ1) is 9.49. The van der Waals surface area contributed by atoms with Gasteiger partial charge < -0.3 is 22.5 Å². The van der Waals surface area contributed by atoms with E-state index >= 15 is 0 Å². The Bertz CT molecular complexity index is 468. The SMILES string of the molecule is Cc1cccc(CNC(=O)C(N)CCCN=C(N)N)c1. The first kappa shape index (κ1) is 16.0. The van der Waals surface area contributed by atoms with E-state index in [-0.39, 0.29) is 11.9 Å². The van der Waals surface area contributed by atoms with Crippen LogP contribution in [0, 0.1) is 6.92 Å². The summed E-state index contributed by atoms with van der Waals surface area (Å²) >= 11 is 0. The van der Waals surface area contributed by atoms with Gasteiger partial charge in [0.15, 0.2) is 5.96 Å². The minimum Gasteiger partial charge on any atom is -0.370 e. The van der Waals surface area contributed by atoms with E-state index in [9.17, 15) is 4.79 Å². The predicted molar refractivity (Wildman–Crippen MR) is 80.9 cm³/mol. The number of aryl methyl sites for hydroxylation is 1. The van der Waals surface area contributed by atoms with Gasteiger partial charge in [-0.15, -0.1) is 0 Å². The number of carbonyl (C=O) groups excluding carboxylic acids is 1. The Kier molecular flexibility index (Phi) is 6.52. The van der Waals surface area contributed by atoms with E-state index in [2.05, 4.69) is 10.3 Å². The molecule has 1 aromatic rings. The molecule has 0 spiro atoms. The second-order valence-corrected chi connectivity index (χ2v) is 4.76. The normalized spacial score (nSPS) is 11.7. The van der Waals surface area contributed by atoms with Crippen LogP contribution in [-0.2, 0) is 11.3 Å². The van der Waals surface area contributed by atoms with Gasteiger partial charge in [-0.2, -0.15) is 0 Å². The zero-order chi connectivity index (χ0) is 15.0. The number of hydrogen-bond acceptors (Lipinski definition) is 3. The third-order valence-corrected chi connectivity index (χ3v) is 2.85. The smallest absolute Gasteiger partial charge is 0.237 e. The molecule has 1 amide bonds. The Labute approximate surface area is 119 Å². The lowest BCUT2D eigenvalue weighted by Gasteiger charge is -2.12. The second-order valence-electron chi connectivity index (χ2n) is 4.76. The Hall–Kier alpha value is -2.08. The molecular weight excluding hydrogens is 254 g/mol. The third kappa shape index (κ3) is 6.19. The summed E-state index contributed by atoms with van der Waals surface area (Å²) in [6.07, 6.45) is 1.23. The first-order valence-electron chi connectivity index (χ1n) is 6.63. The molecule has 0 aliphatic carbocycles. The molecule has 0 heterocycles. The lowest BCUT2D eigenvalue weighted by atomic mass is 10.1. The number of nitrogens with two attached hydrogens (primary N) is 3. The number of benzene rings is 1. The molecule has 0 bridgehead atoms. The molecule has 0 aliphatic rings. The van der Waals surface area contributed by atoms with Gasteiger partial charge in [0, 0.05) is 13.1 Å². The zero-order valence-electron chi connectivity index (χ0n) is 11.8. The van der Waals surface area contributed by atoms with E-state index in [1.165, 1.54) is 5.56 Å². The number of nitrogens with one attached hydrogen (secondary N) is 1. The fourth-order valence-electron chi connectivity index (χ4n) is 1.79. The zero-order valence-corrected chi connectivity index (χ0v) is 11.8. The van der Waals surface area contributed by atoms with Gasteiger partial charge in [0.1, 0.15) is 0 Å². The van der Waals surface area contributed by atoms with Crippen molar-refractivity contribution in [2.24, 2.45) is 22.2 Å². The Morgan fingerprint density at radius 1 is 1.40 bits per heavy atom. The Balaban J connectivity index is 2.29. The molecule has 1 unspecified atom stereocenters. The van der Waals surface area contributed by atoms with Crippen molar-refractivity contribution in [3.8, 4) is 0 Å². The molecule has 6 nitrogen and oxygen atoms in total. The van der Waals surface area contributed by atoms with Crippen molar-refractivity contribution >= 4 is 11.9 Å². The van der Waals surface area contributed by atoms with Gasteiger partial charge in [0.05, 0.1) is 6.04 Å². The van der Waals surface area contributed by atoms with Crippen LogP contribution in [0.15, 0.2) is 29.3 Å². The van der Waals surface area contributed by atoms with Crippen LogP contribution in [0.25, 0.3) is 0 Å². The maximum absolute atomic E-state index is 11.8. The highest BCUT2D eigenvalue weighted by atomic mass is 16.2. The van der Waals surface area contributed by atoms with E-state index in [1.54, 1.807) is 0 Å². The number of hydrogen-bond donors (Lipinski definition) is 4. The summed E-state index contributed by atoms with van der Waals surface area (Å²) < 4.78 is 0.